The number of ether oxygens (including phenoxy) is 2. The molecule has 0 spiro atoms. The molecule has 0 radical (unpaired) electrons. The highest BCUT2D eigenvalue weighted by molar-refractivity contribution is 5.45. The molecule has 0 heterocycles. The molecule has 1 atom stereocenters. The largest absolute Gasteiger partial charge is 0.493 e. The zero-order valence-corrected chi connectivity index (χ0v) is 13.4. The van der Waals surface area contributed by atoms with E-state index in [4.69, 9.17) is 9.47 Å². The molecule has 0 bridgehead atoms. The maximum atomic E-state index is 5.43. The quantitative estimate of drug-likeness (QED) is 0.822. The average molecular weight is 289 g/mol. The fourth-order valence-electron chi connectivity index (χ4n) is 3.08. The van der Waals surface area contributed by atoms with E-state index >= 15 is 0 Å². The van der Waals surface area contributed by atoms with Gasteiger partial charge in [0.2, 0.25) is 0 Å². The summed E-state index contributed by atoms with van der Waals surface area (Å²) in [6, 6.07) is 6.46. The van der Waals surface area contributed by atoms with E-state index in [0.717, 1.165) is 11.5 Å². The van der Waals surface area contributed by atoms with Crippen LogP contribution in [0.4, 0.5) is 0 Å². The third-order valence-corrected chi connectivity index (χ3v) is 4.23. The standard InChI is InChI=1S/C18H27NO2/c1-19-18(14-9-7-5-4-6-8-10-14)15-11-12-16(20-2)17(13-15)21-3/h9,11-13,18-19H,4-8,10H2,1-3H3/b14-9+. The van der Waals surface area contributed by atoms with Crippen LogP contribution < -0.4 is 14.8 Å². The van der Waals surface area contributed by atoms with Crippen molar-refractivity contribution in [3.8, 4) is 11.5 Å². The smallest absolute Gasteiger partial charge is 0.161 e. The van der Waals surface area contributed by atoms with E-state index in [-0.39, 0.29) is 6.04 Å². The molecule has 1 aliphatic rings. The summed E-state index contributed by atoms with van der Waals surface area (Å²) in [5.41, 5.74) is 2.74. The molecule has 0 amide bonds. The summed E-state index contributed by atoms with van der Waals surface area (Å²) in [5.74, 6) is 1.57. The van der Waals surface area contributed by atoms with Crippen LogP contribution in [0.3, 0.4) is 0 Å². The minimum atomic E-state index is 0.267. The first-order valence-electron chi connectivity index (χ1n) is 7.88. The van der Waals surface area contributed by atoms with Crippen LogP contribution in [-0.4, -0.2) is 21.3 Å². The Hall–Kier alpha value is -1.48. The molecular weight excluding hydrogens is 262 g/mol. The normalized spacial score (nSPS) is 19.9. The molecule has 2 rings (SSSR count). The fraction of sp³-hybridized carbons (Fsp3) is 0.556. The first-order chi connectivity index (χ1) is 10.3. The molecule has 3 nitrogen and oxygen atoms in total. The van der Waals surface area contributed by atoms with E-state index in [9.17, 15) is 0 Å². The Morgan fingerprint density at radius 3 is 2.48 bits per heavy atom. The van der Waals surface area contributed by atoms with E-state index in [1.54, 1.807) is 14.2 Å². The van der Waals surface area contributed by atoms with E-state index in [1.807, 2.05) is 13.1 Å². The Morgan fingerprint density at radius 2 is 1.76 bits per heavy atom. The summed E-state index contributed by atoms with van der Waals surface area (Å²) in [7, 11) is 5.39. The van der Waals surface area contributed by atoms with Gasteiger partial charge < -0.3 is 14.8 Å². The van der Waals surface area contributed by atoms with E-state index in [1.165, 1.54) is 49.7 Å². The predicted octanol–water partition coefficient (Wildman–Crippen LogP) is 4.24. The molecule has 1 aliphatic carbocycles. The lowest BCUT2D eigenvalue weighted by molar-refractivity contribution is 0.354. The van der Waals surface area contributed by atoms with Crippen LogP contribution in [0.2, 0.25) is 0 Å². The van der Waals surface area contributed by atoms with E-state index in [0.29, 0.717) is 0 Å². The third kappa shape index (κ3) is 4.01. The maximum absolute atomic E-state index is 5.43. The molecule has 0 aliphatic heterocycles. The van der Waals surface area contributed by atoms with E-state index < -0.39 is 0 Å². The van der Waals surface area contributed by atoms with Gasteiger partial charge in [0.15, 0.2) is 11.5 Å². The van der Waals surface area contributed by atoms with Crippen molar-refractivity contribution in [3.63, 3.8) is 0 Å². The van der Waals surface area contributed by atoms with Gasteiger partial charge in [-0.1, -0.05) is 30.6 Å². The van der Waals surface area contributed by atoms with Gasteiger partial charge in [0.1, 0.15) is 0 Å². The van der Waals surface area contributed by atoms with Crippen LogP contribution in [0.1, 0.15) is 50.1 Å². The Labute approximate surface area is 128 Å². The predicted molar refractivity (Wildman–Crippen MR) is 87.1 cm³/mol. The lowest BCUT2D eigenvalue weighted by Crippen LogP contribution is -2.19. The second kappa shape index (κ2) is 8.08. The second-order valence-corrected chi connectivity index (χ2v) is 5.57. The van der Waals surface area contributed by atoms with Gasteiger partial charge in [0, 0.05) is 0 Å². The van der Waals surface area contributed by atoms with Crippen LogP contribution in [-0.2, 0) is 0 Å². The van der Waals surface area contributed by atoms with Gasteiger partial charge >= 0.3 is 0 Å². The number of hydrogen-bond donors (Lipinski definition) is 1. The second-order valence-electron chi connectivity index (χ2n) is 5.57. The molecular formula is C18H27NO2. The SMILES string of the molecule is CNC(/C1=C/CCCCCC1)c1ccc(OC)c(OC)c1. The average Bonchev–Trinajstić information content (AvgIpc) is 2.49. The summed E-state index contributed by atoms with van der Waals surface area (Å²) in [4.78, 5) is 0. The Kier molecular flexibility index (Phi) is 6.12. The lowest BCUT2D eigenvalue weighted by atomic mass is 9.91. The summed E-state index contributed by atoms with van der Waals surface area (Å²) >= 11 is 0. The molecule has 116 valence electrons. The molecule has 0 aromatic heterocycles. The first kappa shape index (κ1) is 15.9. The molecule has 1 N–H and O–H groups in total. The number of allylic oxidation sites excluding steroid dienone is 1. The van der Waals surface area contributed by atoms with Gasteiger partial charge in [0.05, 0.1) is 20.3 Å². The van der Waals surface area contributed by atoms with Crippen molar-refractivity contribution >= 4 is 0 Å². The minimum Gasteiger partial charge on any atom is -0.493 e. The maximum Gasteiger partial charge on any atom is 0.161 e. The van der Waals surface area contributed by atoms with Crippen molar-refractivity contribution in [2.45, 2.75) is 44.6 Å². The zero-order chi connectivity index (χ0) is 15.1. The van der Waals surface area contributed by atoms with Gasteiger partial charge in [0.25, 0.3) is 0 Å². The Bertz CT molecular complexity index is 482. The minimum absolute atomic E-state index is 0.267. The molecule has 0 saturated heterocycles. The number of benzene rings is 1. The van der Waals surface area contributed by atoms with Gasteiger partial charge in [-0.05, 0) is 50.4 Å². The van der Waals surface area contributed by atoms with Crippen molar-refractivity contribution in [1.29, 1.82) is 0 Å². The Morgan fingerprint density at radius 1 is 1.00 bits per heavy atom. The molecule has 1 unspecified atom stereocenters. The lowest BCUT2D eigenvalue weighted by Gasteiger charge is -2.23. The van der Waals surface area contributed by atoms with Crippen molar-refractivity contribution < 1.29 is 9.47 Å². The van der Waals surface area contributed by atoms with Crippen molar-refractivity contribution in [2.75, 3.05) is 21.3 Å². The zero-order valence-electron chi connectivity index (χ0n) is 13.4. The van der Waals surface area contributed by atoms with Crippen LogP contribution in [0.15, 0.2) is 29.8 Å². The molecule has 1 aromatic carbocycles. The fourth-order valence-corrected chi connectivity index (χ4v) is 3.08. The number of nitrogens with one attached hydrogen (secondary N) is 1. The van der Waals surface area contributed by atoms with Gasteiger partial charge in [-0.3, -0.25) is 0 Å². The van der Waals surface area contributed by atoms with Crippen LogP contribution in [0, 0.1) is 0 Å². The van der Waals surface area contributed by atoms with Crippen molar-refractivity contribution in [3.05, 3.63) is 35.4 Å². The first-order valence-corrected chi connectivity index (χ1v) is 7.88. The summed E-state index contributed by atoms with van der Waals surface area (Å²) in [6.07, 6.45) is 10.1. The van der Waals surface area contributed by atoms with Crippen molar-refractivity contribution in [1.82, 2.24) is 5.32 Å². The molecule has 0 fully saturated rings. The summed E-state index contributed by atoms with van der Waals surface area (Å²) in [5, 5.41) is 3.46. The van der Waals surface area contributed by atoms with Crippen LogP contribution in [0.25, 0.3) is 0 Å². The number of rotatable bonds is 5. The van der Waals surface area contributed by atoms with Crippen molar-refractivity contribution in [2.24, 2.45) is 0 Å². The number of hydrogen-bond acceptors (Lipinski definition) is 3. The highest BCUT2D eigenvalue weighted by atomic mass is 16.5. The van der Waals surface area contributed by atoms with Crippen LogP contribution in [0.5, 0.6) is 11.5 Å². The number of methoxy groups -OCH3 is 2. The molecule has 21 heavy (non-hydrogen) atoms. The van der Waals surface area contributed by atoms with E-state index in [2.05, 4.69) is 23.5 Å². The Balaban J connectivity index is 2.27. The molecule has 3 heteroatoms. The number of likely N-dealkylation sites (N-methyl/N-ethyl adjacent to an activating group) is 1. The van der Waals surface area contributed by atoms with Gasteiger partial charge in [-0.15, -0.1) is 0 Å². The highest BCUT2D eigenvalue weighted by Gasteiger charge is 2.17. The third-order valence-electron chi connectivity index (χ3n) is 4.23. The topological polar surface area (TPSA) is 30.5 Å². The van der Waals surface area contributed by atoms with Gasteiger partial charge in [-0.25, -0.2) is 0 Å². The van der Waals surface area contributed by atoms with Gasteiger partial charge in [-0.2, -0.15) is 0 Å². The summed E-state index contributed by atoms with van der Waals surface area (Å²) < 4.78 is 10.8. The van der Waals surface area contributed by atoms with Crippen LogP contribution >= 0.6 is 0 Å². The monoisotopic (exact) mass is 289 g/mol. The molecule has 1 aromatic rings. The summed E-state index contributed by atoms with van der Waals surface area (Å²) in [6.45, 7) is 0. The highest BCUT2D eigenvalue weighted by Crippen LogP contribution is 2.34. The molecule has 0 saturated carbocycles.